The third-order valence-electron chi connectivity index (χ3n) is 2.71. The van der Waals surface area contributed by atoms with Crippen LogP contribution in [-0.2, 0) is 4.74 Å². The van der Waals surface area contributed by atoms with Gasteiger partial charge in [0.1, 0.15) is 0 Å². The van der Waals surface area contributed by atoms with Crippen molar-refractivity contribution in [2.24, 2.45) is 0 Å². The van der Waals surface area contributed by atoms with Crippen molar-refractivity contribution in [2.75, 3.05) is 25.6 Å². The number of amides is 1. The van der Waals surface area contributed by atoms with Gasteiger partial charge >= 0.3 is 0 Å². The summed E-state index contributed by atoms with van der Waals surface area (Å²) in [6.07, 6.45) is 4.84. The average Bonchev–Trinajstić information content (AvgIpc) is 2.44. The lowest BCUT2D eigenvalue weighted by Crippen LogP contribution is -2.32. The second-order valence-corrected chi connectivity index (χ2v) is 4.35. The van der Waals surface area contributed by atoms with E-state index in [0.717, 1.165) is 19.4 Å². The summed E-state index contributed by atoms with van der Waals surface area (Å²) in [7, 11) is 1.67. The van der Waals surface area contributed by atoms with Crippen LogP contribution >= 0.6 is 0 Å². The minimum atomic E-state index is -0.139. The van der Waals surface area contributed by atoms with Gasteiger partial charge in [0.2, 0.25) is 5.95 Å². The van der Waals surface area contributed by atoms with E-state index in [4.69, 9.17) is 4.74 Å². The van der Waals surface area contributed by atoms with Crippen LogP contribution < -0.4 is 10.6 Å². The molecule has 0 fully saturated rings. The molecule has 0 saturated carbocycles. The van der Waals surface area contributed by atoms with E-state index in [1.54, 1.807) is 7.11 Å². The first-order valence-electron chi connectivity index (χ1n) is 6.53. The molecule has 6 nitrogen and oxygen atoms in total. The Kier molecular flexibility index (Phi) is 6.81. The summed E-state index contributed by atoms with van der Waals surface area (Å²) in [4.78, 5) is 20.0. The molecule has 106 valence electrons. The van der Waals surface area contributed by atoms with Crippen LogP contribution in [0.4, 0.5) is 5.95 Å². The van der Waals surface area contributed by atoms with Crippen LogP contribution in [0.1, 0.15) is 37.0 Å². The molecule has 2 N–H and O–H groups in total. The summed E-state index contributed by atoms with van der Waals surface area (Å²) in [6, 6.07) is 0.152. The van der Waals surface area contributed by atoms with Gasteiger partial charge in [-0.25, -0.2) is 9.97 Å². The van der Waals surface area contributed by atoms with Gasteiger partial charge in [0, 0.05) is 38.7 Å². The number of hydrogen-bond acceptors (Lipinski definition) is 5. The summed E-state index contributed by atoms with van der Waals surface area (Å²) in [6.45, 7) is 5.42. The number of aromatic nitrogens is 2. The van der Waals surface area contributed by atoms with E-state index in [2.05, 4.69) is 20.6 Å². The second kappa shape index (κ2) is 8.42. The standard InChI is InChI=1S/C13H22N4O2/c1-4-10(2)17-12(18)11-8-15-13(16-9-11)14-6-5-7-19-3/h8-10H,4-7H2,1-3H3,(H,17,18)(H,14,15,16). The molecule has 0 saturated heterocycles. The van der Waals surface area contributed by atoms with E-state index in [9.17, 15) is 4.79 Å². The number of methoxy groups -OCH3 is 1. The van der Waals surface area contributed by atoms with Crippen LogP contribution in [0.5, 0.6) is 0 Å². The zero-order valence-electron chi connectivity index (χ0n) is 11.8. The number of nitrogens with zero attached hydrogens (tertiary/aromatic N) is 2. The molecule has 6 heteroatoms. The molecule has 0 radical (unpaired) electrons. The molecule has 1 unspecified atom stereocenters. The monoisotopic (exact) mass is 266 g/mol. The van der Waals surface area contributed by atoms with Gasteiger partial charge in [0.15, 0.2) is 0 Å². The first-order valence-corrected chi connectivity index (χ1v) is 6.53. The van der Waals surface area contributed by atoms with Crippen LogP contribution in [0.3, 0.4) is 0 Å². The zero-order valence-corrected chi connectivity index (χ0v) is 11.8. The molecule has 0 aromatic carbocycles. The smallest absolute Gasteiger partial charge is 0.254 e. The SMILES string of the molecule is CCC(C)NC(=O)c1cnc(NCCCOC)nc1. The Morgan fingerprint density at radius 2 is 2.11 bits per heavy atom. The summed E-state index contributed by atoms with van der Waals surface area (Å²) in [5, 5.41) is 5.93. The summed E-state index contributed by atoms with van der Waals surface area (Å²) < 4.78 is 4.94. The first kappa shape index (κ1) is 15.4. The maximum atomic E-state index is 11.8. The lowest BCUT2D eigenvalue weighted by atomic mass is 10.2. The van der Waals surface area contributed by atoms with E-state index >= 15 is 0 Å². The Bertz CT molecular complexity index is 381. The van der Waals surface area contributed by atoms with Crippen LogP contribution in [0, 0.1) is 0 Å². The Morgan fingerprint density at radius 1 is 1.42 bits per heavy atom. The number of anilines is 1. The van der Waals surface area contributed by atoms with Gasteiger partial charge in [-0.1, -0.05) is 6.92 Å². The Hall–Kier alpha value is -1.69. The fraction of sp³-hybridized carbons (Fsp3) is 0.615. The zero-order chi connectivity index (χ0) is 14.1. The molecule has 1 aromatic heterocycles. The predicted octanol–water partition coefficient (Wildman–Crippen LogP) is 1.45. The van der Waals surface area contributed by atoms with Crippen molar-refractivity contribution in [1.82, 2.24) is 15.3 Å². The largest absolute Gasteiger partial charge is 0.385 e. The average molecular weight is 266 g/mol. The third-order valence-corrected chi connectivity index (χ3v) is 2.71. The molecule has 0 bridgehead atoms. The van der Waals surface area contributed by atoms with Crippen molar-refractivity contribution in [2.45, 2.75) is 32.7 Å². The van der Waals surface area contributed by atoms with Gasteiger partial charge in [-0.3, -0.25) is 4.79 Å². The highest BCUT2D eigenvalue weighted by Gasteiger charge is 2.09. The Morgan fingerprint density at radius 3 is 2.68 bits per heavy atom. The lowest BCUT2D eigenvalue weighted by molar-refractivity contribution is 0.0938. The molecular weight excluding hydrogens is 244 g/mol. The van der Waals surface area contributed by atoms with E-state index in [1.165, 1.54) is 12.4 Å². The van der Waals surface area contributed by atoms with Gasteiger partial charge in [-0.15, -0.1) is 0 Å². The number of ether oxygens (including phenoxy) is 1. The van der Waals surface area contributed by atoms with Crippen molar-refractivity contribution >= 4 is 11.9 Å². The quantitative estimate of drug-likeness (QED) is 0.697. The topological polar surface area (TPSA) is 76.1 Å². The normalized spacial score (nSPS) is 11.9. The number of nitrogens with one attached hydrogen (secondary N) is 2. The fourth-order valence-corrected chi connectivity index (χ4v) is 1.36. The van der Waals surface area contributed by atoms with Gasteiger partial charge < -0.3 is 15.4 Å². The van der Waals surface area contributed by atoms with Crippen molar-refractivity contribution in [3.8, 4) is 0 Å². The van der Waals surface area contributed by atoms with E-state index < -0.39 is 0 Å². The van der Waals surface area contributed by atoms with Crippen molar-refractivity contribution in [1.29, 1.82) is 0 Å². The number of hydrogen-bond donors (Lipinski definition) is 2. The fourth-order valence-electron chi connectivity index (χ4n) is 1.36. The minimum absolute atomic E-state index is 0.139. The van der Waals surface area contributed by atoms with E-state index in [-0.39, 0.29) is 11.9 Å². The van der Waals surface area contributed by atoms with Gasteiger partial charge in [0.25, 0.3) is 5.91 Å². The van der Waals surface area contributed by atoms with Crippen LogP contribution in [-0.4, -0.2) is 42.2 Å². The highest BCUT2D eigenvalue weighted by Crippen LogP contribution is 2.01. The Labute approximate surface area is 114 Å². The first-order chi connectivity index (χ1) is 9.17. The molecule has 0 spiro atoms. The summed E-state index contributed by atoms with van der Waals surface area (Å²) in [5.41, 5.74) is 0.475. The number of rotatable bonds is 8. The van der Waals surface area contributed by atoms with Crippen molar-refractivity contribution in [3.63, 3.8) is 0 Å². The van der Waals surface area contributed by atoms with E-state index in [0.29, 0.717) is 18.1 Å². The number of carbonyl (C=O) groups excluding carboxylic acids is 1. The van der Waals surface area contributed by atoms with Gasteiger partial charge in [-0.05, 0) is 19.8 Å². The van der Waals surface area contributed by atoms with Crippen LogP contribution in [0.15, 0.2) is 12.4 Å². The lowest BCUT2D eigenvalue weighted by Gasteiger charge is -2.11. The molecule has 1 amide bonds. The molecule has 1 aromatic rings. The summed E-state index contributed by atoms with van der Waals surface area (Å²) in [5.74, 6) is 0.386. The van der Waals surface area contributed by atoms with Crippen molar-refractivity contribution < 1.29 is 9.53 Å². The second-order valence-electron chi connectivity index (χ2n) is 4.35. The molecule has 19 heavy (non-hydrogen) atoms. The Balaban J connectivity index is 2.44. The predicted molar refractivity (Wildman–Crippen MR) is 74.2 cm³/mol. The maximum Gasteiger partial charge on any atom is 0.254 e. The molecule has 1 atom stereocenters. The molecular formula is C13H22N4O2. The van der Waals surface area contributed by atoms with Gasteiger partial charge in [-0.2, -0.15) is 0 Å². The minimum Gasteiger partial charge on any atom is -0.385 e. The molecule has 0 aliphatic rings. The molecule has 0 aliphatic heterocycles. The molecule has 1 heterocycles. The van der Waals surface area contributed by atoms with Gasteiger partial charge in [0.05, 0.1) is 5.56 Å². The number of carbonyl (C=O) groups is 1. The highest BCUT2D eigenvalue weighted by atomic mass is 16.5. The molecule has 0 aliphatic carbocycles. The van der Waals surface area contributed by atoms with Crippen molar-refractivity contribution in [3.05, 3.63) is 18.0 Å². The summed E-state index contributed by atoms with van der Waals surface area (Å²) >= 11 is 0. The highest BCUT2D eigenvalue weighted by molar-refractivity contribution is 5.93. The van der Waals surface area contributed by atoms with E-state index in [1.807, 2.05) is 13.8 Å². The van der Waals surface area contributed by atoms with Crippen LogP contribution in [0.2, 0.25) is 0 Å². The third kappa shape index (κ3) is 5.65. The van der Waals surface area contributed by atoms with Crippen LogP contribution in [0.25, 0.3) is 0 Å². The molecule has 1 rings (SSSR count). The maximum absolute atomic E-state index is 11.8.